The lowest BCUT2D eigenvalue weighted by Crippen LogP contribution is -2.53. The molecule has 1 saturated heterocycles. The lowest BCUT2D eigenvalue weighted by Gasteiger charge is -2.37. The Labute approximate surface area is 120 Å². The first-order valence-corrected chi connectivity index (χ1v) is 7.46. The zero-order chi connectivity index (χ0) is 14.6. The quantitative estimate of drug-likeness (QED) is 0.868. The fourth-order valence-electron chi connectivity index (χ4n) is 3.37. The fraction of sp³-hybridized carbons (Fsp3) is 0.625. The molecule has 1 N–H and O–H groups in total. The first kappa shape index (κ1) is 15.0. The average Bonchev–Trinajstić information content (AvgIpc) is 2.85. The van der Waals surface area contributed by atoms with E-state index < -0.39 is 11.5 Å². The monoisotopic (exact) mass is 276 g/mol. The highest BCUT2D eigenvalue weighted by atomic mass is 16.4. The van der Waals surface area contributed by atoms with Gasteiger partial charge in [-0.05, 0) is 64.6 Å². The summed E-state index contributed by atoms with van der Waals surface area (Å²) in [6, 6.07) is 6.16. The van der Waals surface area contributed by atoms with Crippen LogP contribution >= 0.6 is 0 Å². The summed E-state index contributed by atoms with van der Waals surface area (Å²) in [6.45, 7) is 5.07. The molecule has 0 bridgehead atoms. The van der Waals surface area contributed by atoms with Gasteiger partial charge >= 0.3 is 5.97 Å². The normalized spacial score (nSPS) is 23.4. The van der Waals surface area contributed by atoms with E-state index in [1.165, 1.54) is 0 Å². The molecule has 2 rings (SSSR count). The summed E-state index contributed by atoms with van der Waals surface area (Å²) in [5, 5.41) is 9.72. The molecule has 1 atom stereocenters. The molecular formula is C16H24N2O2. The molecule has 0 amide bonds. The Morgan fingerprint density at radius 3 is 2.90 bits per heavy atom. The van der Waals surface area contributed by atoms with Gasteiger partial charge in [0.2, 0.25) is 0 Å². The minimum Gasteiger partial charge on any atom is -0.480 e. The molecule has 0 spiro atoms. The number of carbonyl (C=O) groups is 1. The first-order valence-electron chi connectivity index (χ1n) is 7.46. The molecule has 1 fully saturated rings. The van der Waals surface area contributed by atoms with Gasteiger partial charge in [0.25, 0.3) is 0 Å². The van der Waals surface area contributed by atoms with E-state index in [1.54, 1.807) is 6.20 Å². The van der Waals surface area contributed by atoms with Crippen LogP contribution in [0.2, 0.25) is 0 Å². The number of carboxylic acids is 1. The van der Waals surface area contributed by atoms with Crippen molar-refractivity contribution < 1.29 is 9.90 Å². The molecular weight excluding hydrogens is 252 g/mol. The Balaban J connectivity index is 2.01. The largest absolute Gasteiger partial charge is 0.480 e. The number of hydrogen-bond acceptors (Lipinski definition) is 3. The summed E-state index contributed by atoms with van der Waals surface area (Å²) in [4.78, 5) is 18.3. The molecule has 1 aromatic heterocycles. The maximum absolute atomic E-state index is 11.8. The second-order valence-electron chi connectivity index (χ2n) is 5.90. The summed E-state index contributed by atoms with van der Waals surface area (Å²) in [5.74, 6) is -0.662. The van der Waals surface area contributed by atoms with Gasteiger partial charge in [0.05, 0.1) is 0 Å². The molecule has 1 aliphatic rings. The van der Waals surface area contributed by atoms with Crippen LogP contribution in [0.4, 0.5) is 0 Å². The SMILES string of the molecule is CC(C)N1CCCC1(CCCc1ccccn1)C(=O)O. The van der Waals surface area contributed by atoms with Crippen LogP contribution in [0.1, 0.15) is 45.2 Å². The second kappa shape index (κ2) is 6.35. The highest BCUT2D eigenvalue weighted by Crippen LogP contribution is 2.35. The van der Waals surface area contributed by atoms with E-state index in [4.69, 9.17) is 0 Å². The van der Waals surface area contributed by atoms with E-state index in [1.807, 2.05) is 18.2 Å². The van der Waals surface area contributed by atoms with E-state index in [-0.39, 0.29) is 6.04 Å². The molecule has 0 aliphatic carbocycles. The van der Waals surface area contributed by atoms with E-state index in [0.717, 1.165) is 37.9 Å². The van der Waals surface area contributed by atoms with Gasteiger partial charge in [-0.2, -0.15) is 0 Å². The first-order chi connectivity index (χ1) is 9.56. The van der Waals surface area contributed by atoms with Crippen LogP contribution in [-0.4, -0.2) is 39.1 Å². The molecule has 4 nitrogen and oxygen atoms in total. The number of rotatable bonds is 6. The van der Waals surface area contributed by atoms with Gasteiger partial charge in [-0.15, -0.1) is 0 Å². The minimum atomic E-state index is -0.664. The van der Waals surface area contributed by atoms with Gasteiger partial charge in [0, 0.05) is 17.9 Å². The van der Waals surface area contributed by atoms with Crippen molar-refractivity contribution in [2.75, 3.05) is 6.54 Å². The third kappa shape index (κ3) is 3.01. The molecule has 20 heavy (non-hydrogen) atoms. The van der Waals surface area contributed by atoms with Crippen molar-refractivity contribution in [3.63, 3.8) is 0 Å². The fourth-order valence-corrected chi connectivity index (χ4v) is 3.37. The minimum absolute atomic E-state index is 0.281. The molecule has 1 aromatic rings. The molecule has 1 aliphatic heterocycles. The van der Waals surface area contributed by atoms with Crippen LogP contribution in [0.25, 0.3) is 0 Å². The Morgan fingerprint density at radius 1 is 1.50 bits per heavy atom. The summed E-state index contributed by atoms with van der Waals surface area (Å²) in [7, 11) is 0. The highest BCUT2D eigenvalue weighted by molar-refractivity contribution is 5.79. The molecule has 4 heteroatoms. The third-order valence-electron chi connectivity index (χ3n) is 4.31. The van der Waals surface area contributed by atoms with Crippen LogP contribution in [-0.2, 0) is 11.2 Å². The predicted octanol–water partition coefficient (Wildman–Crippen LogP) is 2.73. The zero-order valence-electron chi connectivity index (χ0n) is 12.4. The van der Waals surface area contributed by atoms with Crippen molar-refractivity contribution in [1.29, 1.82) is 0 Å². The van der Waals surface area contributed by atoms with E-state index in [2.05, 4.69) is 23.7 Å². The predicted molar refractivity (Wildman–Crippen MR) is 78.6 cm³/mol. The number of nitrogens with zero attached hydrogens (tertiary/aromatic N) is 2. The number of aryl methyl sites for hydroxylation is 1. The molecule has 1 unspecified atom stereocenters. The van der Waals surface area contributed by atoms with Gasteiger partial charge in [-0.25, -0.2) is 0 Å². The maximum atomic E-state index is 11.8. The lowest BCUT2D eigenvalue weighted by atomic mass is 9.88. The third-order valence-corrected chi connectivity index (χ3v) is 4.31. The van der Waals surface area contributed by atoms with Gasteiger partial charge in [0.1, 0.15) is 5.54 Å². The Hall–Kier alpha value is -1.42. The van der Waals surface area contributed by atoms with Crippen LogP contribution in [0, 0.1) is 0 Å². The van der Waals surface area contributed by atoms with Crippen molar-refractivity contribution in [2.45, 2.75) is 57.5 Å². The van der Waals surface area contributed by atoms with Crippen LogP contribution in [0.15, 0.2) is 24.4 Å². The van der Waals surface area contributed by atoms with Gasteiger partial charge in [0.15, 0.2) is 0 Å². The van der Waals surface area contributed by atoms with Crippen molar-refractivity contribution in [3.05, 3.63) is 30.1 Å². The summed E-state index contributed by atoms with van der Waals surface area (Å²) < 4.78 is 0. The number of likely N-dealkylation sites (tertiary alicyclic amines) is 1. The summed E-state index contributed by atoms with van der Waals surface area (Å²) >= 11 is 0. The number of hydrogen-bond donors (Lipinski definition) is 1. The molecule has 0 aromatic carbocycles. The van der Waals surface area contributed by atoms with Crippen molar-refractivity contribution in [2.24, 2.45) is 0 Å². The molecule has 0 radical (unpaired) electrons. The van der Waals surface area contributed by atoms with Gasteiger partial charge in [-0.3, -0.25) is 14.7 Å². The Kier molecular flexibility index (Phi) is 4.76. The van der Waals surface area contributed by atoms with E-state index >= 15 is 0 Å². The number of aliphatic carboxylic acids is 1. The number of pyridine rings is 1. The van der Waals surface area contributed by atoms with Crippen molar-refractivity contribution >= 4 is 5.97 Å². The highest BCUT2D eigenvalue weighted by Gasteiger charge is 2.47. The number of carboxylic acid groups (broad SMARTS) is 1. The molecule has 110 valence electrons. The Morgan fingerprint density at radius 2 is 2.30 bits per heavy atom. The number of aromatic nitrogens is 1. The summed E-state index contributed by atoms with van der Waals surface area (Å²) in [5.41, 5.74) is 0.380. The van der Waals surface area contributed by atoms with Crippen LogP contribution in [0.5, 0.6) is 0 Å². The van der Waals surface area contributed by atoms with Crippen molar-refractivity contribution in [1.82, 2.24) is 9.88 Å². The van der Waals surface area contributed by atoms with Crippen LogP contribution < -0.4 is 0 Å². The summed E-state index contributed by atoms with van der Waals surface area (Å²) in [6.07, 6.45) is 5.96. The topological polar surface area (TPSA) is 53.4 Å². The van der Waals surface area contributed by atoms with Crippen molar-refractivity contribution in [3.8, 4) is 0 Å². The Bertz CT molecular complexity index is 447. The van der Waals surface area contributed by atoms with E-state index in [9.17, 15) is 9.90 Å². The van der Waals surface area contributed by atoms with Gasteiger partial charge < -0.3 is 5.11 Å². The maximum Gasteiger partial charge on any atom is 0.324 e. The molecule has 2 heterocycles. The van der Waals surface area contributed by atoms with Crippen LogP contribution in [0.3, 0.4) is 0 Å². The zero-order valence-corrected chi connectivity index (χ0v) is 12.4. The standard InChI is InChI=1S/C16H24N2O2/c1-13(2)18-12-6-10-16(18,15(19)20)9-5-8-14-7-3-4-11-17-14/h3-4,7,11,13H,5-6,8-10,12H2,1-2H3,(H,19,20). The smallest absolute Gasteiger partial charge is 0.324 e. The van der Waals surface area contributed by atoms with Gasteiger partial charge in [-0.1, -0.05) is 6.07 Å². The second-order valence-corrected chi connectivity index (χ2v) is 5.90. The van der Waals surface area contributed by atoms with E-state index in [0.29, 0.717) is 6.42 Å². The molecule has 0 saturated carbocycles. The lowest BCUT2D eigenvalue weighted by molar-refractivity contribution is -0.151. The average molecular weight is 276 g/mol.